The SMILES string of the molecule is COc1cc(/C=N/Nc2cn[nH]c(=O)n2)ccc1OCc1ccc(F)cc1. The lowest BCUT2D eigenvalue weighted by Crippen LogP contribution is -2.13. The molecule has 0 aliphatic rings. The van der Waals surface area contributed by atoms with Gasteiger partial charge in [-0.3, -0.25) is 5.43 Å². The van der Waals surface area contributed by atoms with Crippen molar-refractivity contribution < 1.29 is 13.9 Å². The molecule has 2 aromatic carbocycles. The molecule has 0 atom stereocenters. The number of nitrogens with one attached hydrogen (secondary N) is 2. The predicted octanol–water partition coefficient (Wildman–Crippen LogP) is 2.34. The Balaban J connectivity index is 1.65. The normalized spacial score (nSPS) is 10.7. The van der Waals surface area contributed by atoms with Crippen LogP contribution in [0.3, 0.4) is 0 Å². The first-order valence-corrected chi connectivity index (χ1v) is 7.90. The Hall–Kier alpha value is -3.75. The number of hydrogen-bond acceptors (Lipinski definition) is 7. The molecule has 0 saturated heterocycles. The summed E-state index contributed by atoms with van der Waals surface area (Å²) in [5, 5.41) is 9.77. The molecule has 3 rings (SSSR count). The van der Waals surface area contributed by atoms with Crippen molar-refractivity contribution in [1.82, 2.24) is 15.2 Å². The van der Waals surface area contributed by atoms with Crippen molar-refractivity contribution in [3.63, 3.8) is 0 Å². The number of anilines is 1. The van der Waals surface area contributed by atoms with Gasteiger partial charge in [-0.25, -0.2) is 14.3 Å². The molecule has 0 radical (unpaired) electrons. The summed E-state index contributed by atoms with van der Waals surface area (Å²) in [6, 6.07) is 11.4. The molecule has 0 unspecified atom stereocenters. The maximum Gasteiger partial charge on any atom is 0.363 e. The number of H-pyrrole nitrogens is 1. The third-order valence-electron chi connectivity index (χ3n) is 3.46. The highest BCUT2D eigenvalue weighted by atomic mass is 19.1. The summed E-state index contributed by atoms with van der Waals surface area (Å²) in [5.41, 5.74) is 3.62. The number of methoxy groups -OCH3 is 1. The van der Waals surface area contributed by atoms with E-state index in [0.717, 1.165) is 11.1 Å². The number of nitrogens with zero attached hydrogens (tertiary/aromatic N) is 3. The second kappa shape index (κ2) is 8.56. The van der Waals surface area contributed by atoms with E-state index in [4.69, 9.17) is 9.47 Å². The average Bonchev–Trinajstić information content (AvgIpc) is 2.68. The molecular formula is C18H16FN5O3. The number of hydrazone groups is 1. The molecular weight excluding hydrogens is 353 g/mol. The lowest BCUT2D eigenvalue weighted by Gasteiger charge is -2.11. The minimum atomic E-state index is -0.570. The molecule has 1 heterocycles. The van der Waals surface area contributed by atoms with E-state index in [9.17, 15) is 9.18 Å². The first kappa shape index (κ1) is 18.1. The van der Waals surface area contributed by atoms with Gasteiger partial charge in [-0.2, -0.15) is 15.2 Å². The van der Waals surface area contributed by atoms with Crippen molar-refractivity contribution in [2.75, 3.05) is 12.5 Å². The van der Waals surface area contributed by atoms with Crippen molar-refractivity contribution in [2.24, 2.45) is 5.10 Å². The smallest absolute Gasteiger partial charge is 0.363 e. The van der Waals surface area contributed by atoms with E-state index in [2.05, 4.69) is 25.7 Å². The third-order valence-corrected chi connectivity index (χ3v) is 3.46. The fourth-order valence-electron chi connectivity index (χ4n) is 2.16. The number of aromatic amines is 1. The maximum absolute atomic E-state index is 12.9. The van der Waals surface area contributed by atoms with Gasteiger partial charge in [0.15, 0.2) is 17.3 Å². The first-order chi connectivity index (χ1) is 13.1. The Kier molecular flexibility index (Phi) is 5.73. The van der Waals surface area contributed by atoms with Gasteiger partial charge in [0.05, 0.1) is 19.5 Å². The fourth-order valence-corrected chi connectivity index (χ4v) is 2.16. The number of aromatic nitrogens is 3. The van der Waals surface area contributed by atoms with Crippen LogP contribution in [0.4, 0.5) is 10.2 Å². The lowest BCUT2D eigenvalue weighted by molar-refractivity contribution is 0.284. The predicted molar refractivity (Wildman–Crippen MR) is 97.6 cm³/mol. The number of rotatable bonds is 7. The monoisotopic (exact) mass is 369 g/mol. The van der Waals surface area contributed by atoms with E-state index in [-0.39, 0.29) is 18.2 Å². The second-order valence-electron chi connectivity index (χ2n) is 5.37. The van der Waals surface area contributed by atoms with E-state index in [1.807, 2.05) is 0 Å². The van der Waals surface area contributed by atoms with Crippen LogP contribution in [0.25, 0.3) is 0 Å². The van der Waals surface area contributed by atoms with E-state index >= 15 is 0 Å². The zero-order chi connectivity index (χ0) is 19.1. The van der Waals surface area contributed by atoms with Gasteiger partial charge in [0, 0.05) is 0 Å². The maximum atomic E-state index is 12.9. The van der Waals surface area contributed by atoms with Crippen molar-refractivity contribution >= 4 is 12.0 Å². The topological polar surface area (TPSA) is 101 Å². The molecule has 1 aromatic heterocycles. The summed E-state index contributed by atoms with van der Waals surface area (Å²) >= 11 is 0. The summed E-state index contributed by atoms with van der Waals surface area (Å²) < 4.78 is 24.0. The molecule has 3 aromatic rings. The van der Waals surface area contributed by atoms with Crippen LogP contribution < -0.4 is 20.6 Å². The molecule has 0 aliphatic carbocycles. The number of hydrogen-bond donors (Lipinski definition) is 2. The van der Waals surface area contributed by atoms with Gasteiger partial charge >= 0.3 is 5.69 Å². The average molecular weight is 369 g/mol. The summed E-state index contributed by atoms with van der Waals surface area (Å²) in [4.78, 5) is 14.7. The molecule has 0 bridgehead atoms. The molecule has 27 heavy (non-hydrogen) atoms. The first-order valence-electron chi connectivity index (χ1n) is 7.90. The highest BCUT2D eigenvalue weighted by Crippen LogP contribution is 2.28. The Labute approximate surface area is 153 Å². The minimum Gasteiger partial charge on any atom is -0.493 e. The number of halogens is 1. The van der Waals surface area contributed by atoms with Crippen LogP contribution in [0.2, 0.25) is 0 Å². The van der Waals surface area contributed by atoms with Crippen LogP contribution in [0.15, 0.2) is 58.6 Å². The molecule has 138 valence electrons. The number of benzene rings is 2. The van der Waals surface area contributed by atoms with Crippen LogP contribution >= 0.6 is 0 Å². The fraction of sp³-hybridized carbons (Fsp3) is 0.111. The quantitative estimate of drug-likeness (QED) is 0.490. The van der Waals surface area contributed by atoms with Gasteiger partial charge in [0.1, 0.15) is 12.4 Å². The molecule has 0 spiro atoms. The molecule has 0 aliphatic heterocycles. The van der Waals surface area contributed by atoms with Crippen LogP contribution in [0.5, 0.6) is 11.5 Å². The number of ether oxygens (including phenoxy) is 2. The minimum absolute atomic E-state index is 0.223. The van der Waals surface area contributed by atoms with E-state index in [0.29, 0.717) is 11.5 Å². The van der Waals surface area contributed by atoms with Crippen LogP contribution in [0.1, 0.15) is 11.1 Å². The van der Waals surface area contributed by atoms with Crippen LogP contribution in [0, 0.1) is 5.82 Å². The molecule has 0 saturated carbocycles. The van der Waals surface area contributed by atoms with Crippen molar-refractivity contribution in [1.29, 1.82) is 0 Å². The summed E-state index contributed by atoms with van der Waals surface area (Å²) in [6.45, 7) is 0.285. The van der Waals surface area contributed by atoms with Gasteiger partial charge in [0.25, 0.3) is 0 Å². The van der Waals surface area contributed by atoms with Gasteiger partial charge in [-0.15, -0.1) is 0 Å². The highest BCUT2D eigenvalue weighted by molar-refractivity contribution is 5.81. The lowest BCUT2D eigenvalue weighted by atomic mass is 10.2. The summed E-state index contributed by atoms with van der Waals surface area (Å²) in [7, 11) is 1.53. The Morgan fingerprint density at radius 3 is 2.78 bits per heavy atom. The Morgan fingerprint density at radius 1 is 1.22 bits per heavy atom. The molecule has 8 nitrogen and oxygen atoms in total. The summed E-state index contributed by atoms with van der Waals surface area (Å²) in [5.74, 6) is 1.00. The largest absolute Gasteiger partial charge is 0.493 e. The molecule has 0 amide bonds. The van der Waals surface area contributed by atoms with E-state index in [1.165, 1.54) is 31.7 Å². The second-order valence-corrected chi connectivity index (χ2v) is 5.37. The molecule has 2 N–H and O–H groups in total. The van der Waals surface area contributed by atoms with E-state index in [1.54, 1.807) is 30.3 Å². The van der Waals surface area contributed by atoms with Crippen LogP contribution in [-0.4, -0.2) is 28.5 Å². The van der Waals surface area contributed by atoms with Crippen LogP contribution in [-0.2, 0) is 6.61 Å². The van der Waals surface area contributed by atoms with Crippen molar-refractivity contribution in [3.8, 4) is 11.5 Å². The standard InChI is InChI=1S/C18H16FN5O3/c1-26-16-8-13(9-20-23-17-10-21-24-18(25)22-17)4-7-15(16)27-11-12-2-5-14(19)6-3-12/h2-10H,11H2,1H3,(H2,22,23,24,25)/b20-9+. The van der Waals surface area contributed by atoms with Gasteiger partial charge in [-0.1, -0.05) is 12.1 Å². The summed E-state index contributed by atoms with van der Waals surface area (Å²) in [6.07, 6.45) is 2.88. The van der Waals surface area contributed by atoms with Crippen molar-refractivity contribution in [3.05, 3.63) is 76.1 Å². The molecule has 0 fully saturated rings. The van der Waals surface area contributed by atoms with E-state index < -0.39 is 5.69 Å². The molecule has 9 heteroatoms. The zero-order valence-corrected chi connectivity index (χ0v) is 14.3. The Morgan fingerprint density at radius 2 is 2.04 bits per heavy atom. The highest BCUT2D eigenvalue weighted by Gasteiger charge is 2.06. The van der Waals surface area contributed by atoms with Gasteiger partial charge in [0.2, 0.25) is 0 Å². The van der Waals surface area contributed by atoms with Gasteiger partial charge < -0.3 is 9.47 Å². The van der Waals surface area contributed by atoms with Crippen molar-refractivity contribution in [2.45, 2.75) is 6.61 Å². The van der Waals surface area contributed by atoms with Gasteiger partial charge in [-0.05, 0) is 41.5 Å². The Bertz CT molecular complexity index is 989. The third kappa shape index (κ3) is 5.11. The zero-order valence-electron chi connectivity index (χ0n) is 14.3.